The molecule has 0 saturated heterocycles. The summed E-state index contributed by atoms with van der Waals surface area (Å²) in [6, 6.07) is 7.58. The number of hydrogen-bond acceptors (Lipinski definition) is 5. The van der Waals surface area contributed by atoms with Crippen molar-refractivity contribution in [2.75, 3.05) is 6.61 Å². The molecule has 8 atom stereocenters. The number of fused-ring (bicyclic) bond motifs is 6. The Morgan fingerprint density at radius 1 is 1.03 bits per heavy atom. The fourth-order valence-electron chi connectivity index (χ4n) is 9.30. The van der Waals surface area contributed by atoms with Crippen LogP contribution < -0.4 is 4.74 Å². The van der Waals surface area contributed by atoms with Gasteiger partial charge in [0.25, 0.3) is 0 Å². The number of aliphatic hydroxyl groups is 1. The third-order valence-corrected chi connectivity index (χ3v) is 11.2. The predicted octanol–water partition coefficient (Wildman–Crippen LogP) is 6.58. The summed E-state index contributed by atoms with van der Waals surface area (Å²) >= 11 is 0. The van der Waals surface area contributed by atoms with Gasteiger partial charge >= 0.3 is 6.08 Å². The van der Waals surface area contributed by atoms with Gasteiger partial charge in [0.2, 0.25) is 0 Å². The van der Waals surface area contributed by atoms with Gasteiger partial charge in [0.15, 0.2) is 18.0 Å². The summed E-state index contributed by atoms with van der Waals surface area (Å²) in [6.45, 7) is 7.03. The van der Waals surface area contributed by atoms with Crippen molar-refractivity contribution in [2.45, 2.75) is 90.6 Å². The number of nitrogens with zero attached hydrogens (tertiary/aromatic N) is 1. The van der Waals surface area contributed by atoms with Crippen LogP contribution in [-0.2, 0) is 4.79 Å². The molecule has 4 aliphatic carbocycles. The molecule has 1 aromatic carbocycles. The molecule has 4 aliphatic rings. The first kappa shape index (κ1) is 23.5. The zero-order chi connectivity index (χ0) is 24.4. The maximum Gasteiger partial charge on any atom is 0.395 e. The summed E-state index contributed by atoms with van der Waals surface area (Å²) in [6.07, 6.45) is 11.5. The Labute approximate surface area is 209 Å². The molecule has 4 fully saturated rings. The van der Waals surface area contributed by atoms with Gasteiger partial charge in [-0.05, 0) is 111 Å². The van der Waals surface area contributed by atoms with E-state index >= 15 is 0 Å². The topological polar surface area (TPSA) is 72.6 Å². The van der Waals surface area contributed by atoms with Crippen LogP contribution >= 0.6 is 0 Å². The standard InChI is InChI=1S/C30H41NO4/c1-28(33)15-16-29(2)19(17-28)11-12-20-21-7-6-8-23(30(21,3)14-13-22(20)29)25(32)18-34-27-31-24-9-4-5-10-26(24)35-27/h4-5,9-10,19-23,33H,6-8,11-18H2,1-3H3/t19-,20-,21-,22-,23+,28+,29-,30-/m0/s1. The maximum atomic E-state index is 13.5. The number of aromatic nitrogens is 1. The highest BCUT2D eigenvalue weighted by Crippen LogP contribution is 2.67. The van der Waals surface area contributed by atoms with Crippen LogP contribution in [0.2, 0.25) is 0 Å². The third kappa shape index (κ3) is 3.84. The molecular weight excluding hydrogens is 438 g/mol. The highest BCUT2D eigenvalue weighted by molar-refractivity contribution is 5.83. The molecule has 0 unspecified atom stereocenters. The normalized spacial score (nSPS) is 43.1. The lowest BCUT2D eigenvalue weighted by molar-refractivity contribution is -0.169. The van der Waals surface area contributed by atoms with E-state index in [-0.39, 0.29) is 29.8 Å². The van der Waals surface area contributed by atoms with Crippen molar-refractivity contribution < 1.29 is 19.1 Å². The molecule has 0 aliphatic heterocycles. The summed E-state index contributed by atoms with van der Waals surface area (Å²) < 4.78 is 11.5. The summed E-state index contributed by atoms with van der Waals surface area (Å²) in [5.41, 5.74) is 1.36. The van der Waals surface area contributed by atoms with E-state index in [1.165, 1.54) is 25.7 Å². The fourth-order valence-corrected chi connectivity index (χ4v) is 9.30. The SMILES string of the molecule is C[C@@]1(O)CC[C@@]2(C)[C@@H](CC[C@@H]3[C@@H]2CC[C@]2(C)[C@@H](C(=O)COc4nc5ccccc5o4)CCC[C@@H]32)C1. The smallest absolute Gasteiger partial charge is 0.395 e. The van der Waals surface area contributed by atoms with Crippen molar-refractivity contribution in [3.05, 3.63) is 24.3 Å². The molecule has 190 valence electrons. The van der Waals surface area contributed by atoms with Crippen LogP contribution in [0, 0.1) is 40.4 Å². The molecule has 1 aromatic heterocycles. The first-order valence-electron chi connectivity index (χ1n) is 13.9. The highest BCUT2D eigenvalue weighted by atomic mass is 16.6. The summed E-state index contributed by atoms with van der Waals surface area (Å²) in [7, 11) is 0. The molecular formula is C30H41NO4. The Bertz CT molecular complexity index is 1070. The Morgan fingerprint density at radius 3 is 2.66 bits per heavy atom. The maximum absolute atomic E-state index is 13.5. The second-order valence-corrected chi connectivity index (χ2v) is 13.1. The zero-order valence-corrected chi connectivity index (χ0v) is 21.6. The van der Waals surface area contributed by atoms with E-state index in [0.29, 0.717) is 28.8 Å². The molecule has 0 bridgehead atoms. The van der Waals surface area contributed by atoms with Gasteiger partial charge in [-0.1, -0.05) is 32.4 Å². The van der Waals surface area contributed by atoms with Crippen LogP contribution in [0.5, 0.6) is 6.08 Å². The number of hydrogen-bond donors (Lipinski definition) is 1. The molecule has 35 heavy (non-hydrogen) atoms. The van der Waals surface area contributed by atoms with Crippen molar-refractivity contribution in [1.29, 1.82) is 0 Å². The predicted molar refractivity (Wildman–Crippen MR) is 135 cm³/mol. The third-order valence-electron chi connectivity index (χ3n) is 11.2. The lowest BCUT2D eigenvalue weighted by atomic mass is 9.41. The van der Waals surface area contributed by atoms with E-state index in [0.717, 1.165) is 50.0 Å². The number of Topliss-reactive ketones (excluding diaryl/α,β-unsaturated/α-hetero) is 1. The highest BCUT2D eigenvalue weighted by Gasteiger charge is 2.60. The van der Waals surface area contributed by atoms with E-state index in [1.54, 1.807) is 0 Å². The second kappa shape index (κ2) is 8.33. The van der Waals surface area contributed by atoms with Crippen molar-refractivity contribution >= 4 is 16.9 Å². The average molecular weight is 480 g/mol. The van der Waals surface area contributed by atoms with E-state index in [4.69, 9.17) is 9.15 Å². The number of ketones is 1. The lowest BCUT2D eigenvalue weighted by Gasteiger charge is -2.64. The van der Waals surface area contributed by atoms with Gasteiger partial charge in [-0.25, -0.2) is 0 Å². The van der Waals surface area contributed by atoms with Crippen molar-refractivity contribution in [3.63, 3.8) is 0 Å². The summed E-state index contributed by atoms with van der Waals surface area (Å²) in [5, 5.41) is 10.8. The van der Waals surface area contributed by atoms with Gasteiger partial charge in [0.05, 0.1) is 5.60 Å². The number of carbonyl (C=O) groups is 1. The van der Waals surface area contributed by atoms with Gasteiger partial charge in [0.1, 0.15) is 5.52 Å². The summed E-state index contributed by atoms with van der Waals surface area (Å²) in [4.78, 5) is 17.9. The Kier molecular flexibility index (Phi) is 5.59. The van der Waals surface area contributed by atoms with Gasteiger partial charge in [-0.3, -0.25) is 4.79 Å². The zero-order valence-electron chi connectivity index (χ0n) is 21.6. The number of para-hydroxylation sites is 2. The quantitative estimate of drug-likeness (QED) is 0.536. The first-order chi connectivity index (χ1) is 16.7. The number of ether oxygens (including phenoxy) is 1. The van der Waals surface area contributed by atoms with Gasteiger partial charge < -0.3 is 14.3 Å². The molecule has 1 heterocycles. The molecule has 0 amide bonds. The minimum absolute atomic E-state index is 0.0444. The largest absolute Gasteiger partial charge is 0.442 e. The Morgan fingerprint density at radius 2 is 1.83 bits per heavy atom. The molecule has 4 saturated carbocycles. The molecule has 0 spiro atoms. The Hall–Kier alpha value is -1.88. The van der Waals surface area contributed by atoms with Gasteiger partial charge in [-0.15, -0.1) is 0 Å². The van der Waals surface area contributed by atoms with Crippen LogP contribution in [0.4, 0.5) is 0 Å². The van der Waals surface area contributed by atoms with E-state index in [1.807, 2.05) is 31.2 Å². The van der Waals surface area contributed by atoms with Crippen molar-refractivity contribution in [1.82, 2.24) is 4.98 Å². The average Bonchev–Trinajstić information content (AvgIpc) is 3.25. The van der Waals surface area contributed by atoms with Crippen molar-refractivity contribution in [3.8, 4) is 6.08 Å². The van der Waals surface area contributed by atoms with Crippen LogP contribution in [0.3, 0.4) is 0 Å². The van der Waals surface area contributed by atoms with E-state index in [9.17, 15) is 9.90 Å². The Balaban J connectivity index is 1.18. The van der Waals surface area contributed by atoms with Crippen LogP contribution in [0.1, 0.15) is 85.0 Å². The van der Waals surface area contributed by atoms with E-state index in [2.05, 4.69) is 18.8 Å². The molecule has 6 rings (SSSR count). The summed E-state index contributed by atoms with van der Waals surface area (Å²) in [5.74, 6) is 2.98. The van der Waals surface area contributed by atoms with Crippen molar-refractivity contribution in [2.24, 2.45) is 40.4 Å². The minimum atomic E-state index is -0.489. The monoisotopic (exact) mass is 479 g/mol. The number of rotatable bonds is 4. The molecule has 5 heteroatoms. The fraction of sp³-hybridized carbons (Fsp3) is 0.733. The van der Waals surface area contributed by atoms with Gasteiger partial charge in [0, 0.05) is 5.92 Å². The first-order valence-corrected chi connectivity index (χ1v) is 13.9. The van der Waals surface area contributed by atoms with E-state index < -0.39 is 5.60 Å². The van der Waals surface area contributed by atoms with Crippen LogP contribution in [0.25, 0.3) is 11.1 Å². The molecule has 5 nitrogen and oxygen atoms in total. The number of oxazole rings is 1. The molecule has 2 aromatic rings. The minimum Gasteiger partial charge on any atom is -0.442 e. The second-order valence-electron chi connectivity index (χ2n) is 13.1. The number of carbonyl (C=O) groups excluding carboxylic acids is 1. The van der Waals surface area contributed by atoms with Gasteiger partial charge in [-0.2, -0.15) is 4.98 Å². The molecule has 1 N–H and O–H groups in total. The van der Waals surface area contributed by atoms with Crippen LogP contribution in [-0.4, -0.2) is 28.1 Å². The van der Waals surface area contributed by atoms with Crippen LogP contribution in [0.15, 0.2) is 28.7 Å². The molecule has 0 radical (unpaired) electrons. The lowest BCUT2D eigenvalue weighted by Crippen LogP contribution is -2.58. The number of benzene rings is 1.